The number of ether oxygens (including phenoxy) is 4. The molecule has 2 saturated heterocycles. The molecule has 0 saturated carbocycles. The Hall–Kier alpha value is -3.43. The predicted molar refractivity (Wildman–Crippen MR) is 174 cm³/mol. The van der Waals surface area contributed by atoms with Crippen molar-refractivity contribution in [2.75, 3.05) is 33.9 Å². The molecule has 13 nitrogen and oxygen atoms in total. The number of fused-ring (bicyclic) bond motifs is 1. The molecule has 4 rings (SSSR count). The van der Waals surface area contributed by atoms with Crippen molar-refractivity contribution in [2.45, 2.75) is 82.6 Å². The third-order valence-corrected chi connectivity index (χ3v) is 10.4. The van der Waals surface area contributed by atoms with Crippen molar-refractivity contribution in [2.24, 2.45) is 11.3 Å². The van der Waals surface area contributed by atoms with E-state index in [0.29, 0.717) is 42.9 Å². The second-order valence-electron chi connectivity index (χ2n) is 12.8. The van der Waals surface area contributed by atoms with Gasteiger partial charge in [0.25, 0.3) is 0 Å². The van der Waals surface area contributed by atoms with E-state index in [1.807, 2.05) is 6.07 Å². The van der Waals surface area contributed by atoms with Crippen LogP contribution in [0.4, 0.5) is 9.59 Å². The molecule has 14 heteroatoms. The van der Waals surface area contributed by atoms with Gasteiger partial charge < -0.3 is 40.0 Å². The molecule has 47 heavy (non-hydrogen) atoms. The second kappa shape index (κ2) is 16.1. The zero-order valence-corrected chi connectivity index (χ0v) is 28.5. The summed E-state index contributed by atoms with van der Waals surface area (Å²) in [5, 5.41) is 18.8. The molecule has 0 spiro atoms. The Morgan fingerprint density at radius 1 is 1.15 bits per heavy atom. The van der Waals surface area contributed by atoms with Gasteiger partial charge in [0.2, 0.25) is 10.0 Å². The fourth-order valence-electron chi connectivity index (χ4n) is 6.02. The first kappa shape index (κ1) is 36.4. The summed E-state index contributed by atoms with van der Waals surface area (Å²) in [5.41, 5.74) is 1.09. The number of carbonyl (C=O) groups excluding carboxylic acids is 2. The van der Waals surface area contributed by atoms with Gasteiger partial charge in [-0.1, -0.05) is 44.2 Å². The average molecular weight is 677 g/mol. The van der Waals surface area contributed by atoms with E-state index < -0.39 is 40.8 Å². The highest BCUT2D eigenvalue weighted by atomic mass is 32.2. The summed E-state index contributed by atoms with van der Waals surface area (Å²) in [7, 11) is -1.23. The van der Waals surface area contributed by atoms with Gasteiger partial charge in [0.05, 0.1) is 37.2 Å². The summed E-state index contributed by atoms with van der Waals surface area (Å²) in [5.74, 6) is 0.431. The zero-order valence-electron chi connectivity index (χ0n) is 27.7. The maximum absolute atomic E-state index is 14.5. The van der Waals surface area contributed by atoms with Crippen molar-refractivity contribution in [3.05, 3.63) is 59.7 Å². The van der Waals surface area contributed by atoms with Crippen LogP contribution >= 0.6 is 0 Å². The van der Waals surface area contributed by atoms with Gasteiger partial charge in [-0.3, -0.25) is 0 Å². The van der Waals surface area contributed by atoms with E-state index >= 15 is 0 Å². The van der Waals surface area contributed by atoms with Gasteiger partial charge in [-0.15, -0.1) is 0 Å². The first-order valence-corrected chi connectivity index (χ1v) is 17.4. The van der Waals surface area contributed by atoms with Gasteiger partial charge in [0, 0.05) is 20.1 Å². The van der Waals surface area contributed by atoms with Gasteiger partial charge in [-0.25, -0.2) is 18.0 Å². The molecule has 3 amide bonds. The van der Waals surface area contributed by atoms with E-state index in [4.69, 9.17) is 18.9 Å². The van der Waals surface area contributed by atoms with Crippen LogP contribution in [0.2, 0.25) is 0 Å². The molecule has 4 N–H and O–H groups in total. The number of hydrogen-bond donors (Lipinski definition) is 4. The Kier molecular flexibility index (Phi) is 12.5. The largest absolute Gasteiger partial charge is 0.496 e. The number of hydrogen-bond acceptors (Lipinski definition) is 9. The van der Waals surface area contributed by atoms with Crippen molar-refractivity contribution in [1.82, 2.24) is 20.3 Å². The first-order chi connectivity index (χ1) is 22.3. The highest BCUT2D eigenvalue weighted by Crippen LogP contribution is 2.35. The minimum absolute atomic E-state index is 0.0164. The number of benzene rings is 2. The van der Waals surface area contributed by atoms with Crippen LogP contribution in [0.15, 0.2) is 53.4 Å². The van der Waals surface area contributed by atoms with Crippen LogP contribution in [0.5, 0.6) is 5.75 Å². The third kappa shape index (κ3) is 9.57. The number of amides is 3. The molecule has 5 atom stereocenters. The lowest BCUT2D eigenvalue weighted by Gasteiger charge is -2.34. The monoisotopic (exact) mass is 676 g/mol. The molecular formula is C33H48N4O9S. The summed E-state index contributed by atoms with van der Waals surface area (Å²) >= 11 is 0. The molecule has 0 aliphatic carbocycles. The van der Waals surface area contributed by atoms with E-state index in [9.17, 15) is 23.1 Å². The number of urea groups is 1. The average Bonchev–Trinajstić information content (AvgIpc) is 3.66. The molecule has 2 aliphatic heterocycles. The molecule has 0 aromatic heterocycles. The number of methoxy groups -OCH3 is 1. The van der Waals surface area contributed by atoms with Gasteiger partial charge in [0.15, 0.2) is 6.29 Å². The lowest BCUT2D eigenvalue weighted by Crippen LogP contribution is -2.56. The van der Waals surface area contributed by atoms with Crippen molar-refractivity contribution in [1.29, 1.82) is 0 Å². The lowest BCUT2D eigenvalue weighted by atomic mass is 9.81. The van der Waals surface area contributed by atoms with Crippen molar-refractivity contribution < 1.29 is 42.1 Å². The third-order valence-electron chi connectivity index (χ3n) is 8.53. The van der Waals surface area contributed by atoms with E-state index in [1.165, 1.54) is 20.1 Å². The van der Waals surface area contributed by atoms with Crippen molar-refractivity contribution in [3.63, 3.8) is 0 Å². The maximum atomic E-state index is 14.5. The quantitative estimate of drug-likeness (QED) is 0.164. The SMILES string of the molecule is CNC(=O)NCCCC(C)(C)Cc1cc(S(=O)(=O)N(Cc2ccccc2)[C@H](NC(=O)O[C@H]2CO[C@@H]3OCC[C@H]32)[C@@H](C)O)ccc1OC. The predicted octanol–water partition coefficient (Wildman–Crippen LogP) is 3.36. The van der Waals surface area contributed by atoms with Crippen LogP contribution in [0.25, 0.3) is 0 Å². The lowest BCUT2D eigenvalue weighted by molar-refractivity contribution is -0.0907. The van der Waals surface area contributed by atoms with Crippen LogP contribution in [0.1, 0.15) is 51.2 Å². The van der Waals surface area contributed by atoms with E-state index in [-0.39, 0.29) is 35.4 Å². The highest BCUT2D eigenvalue weighted by Gasteiger charge is 2.44. The van der Waals surface area contributed by atoms with E-state index in [2.05, 4.69) is 29.8 Å². The topological polar surface area (TPSA) is 165 Å². The van der Waals surface area contributed by atoms with Gasteiger partial charge in [-0.05, 0) is 67.3 Å². The van der Waals surface area contributed by atoms with Crippen LogP contribution in [-0.2, 0) is 37.2 Å². The fraction of sp³-hybridized carbons (Fsp3) is 0.576. The Labute approximate surface area is 277 Å². The Balaban J connectivity index is 1.59. The first-order valence-electron chi connectivity index (χ1n) is 15.9. The molecule has 2 aromatic rings. The van der Waals surface area contributed by atoms with Crippen LogP contribution < -0.4 is 20.7 Å². The molecular weight excluding hydrogens is 628 g/mol. The normalized spacial score (nSPS) is 20.7. The molecule has 2 aliphatic rings. The van der Waals surface area contributed by atoms with Gasteiger partial charge in [-0.2, -0.15) is 4.31 Å². The van der Waals surface area contributed by atoms with Crippen LogP contribution in [-0.4, -0.2) is 88.5 Å². The van der Waals surface area contributed by atoms with Gasteiger partial charge in [0.1, 0.15) is 18.0 Å². The number of nitrogens with one attached hydrogen (secondary N) is 3. The van der Waals surface area contributed by atoms with Crippen molar-refractivity contribution >= 4 is 22.1 Å². The summed E-state index contributed by atoms with van der Waals surface area (Å²) in [6, 6.07) is 13.4. The number of rotatable bonds is 15. The van der Waals surface area contributed by atoms with E-state index in [0.717, 1.165) is 17.1 Å². The van der Waals surface area contributed by atoms with Crippen molar-refractivity contribution in [3.8, 4) is 5.75 Å². The number of alkyl carbamates (subject to hydrolysis) is 1. The number of carbonyl (C=O) groups is 2. The maximum Gasteiger partial charge on any atom is 0.408 e. The molecule has 0 radical (unpaired) electrons. The number of sulfonamides is 1. The smallest absolute Gasteiger partial charge is 0.408 e. The zero-order chi connectivity index (χ0) is 34.2. The second-order valence-corrected chi connectivity index (χ2v) is 14.6. The molecule has 2 aromatic carbocycles. The molecule has 260 valence electrons. The van der Waals surface area contributed by atoms with E-state index in [1.54, 1.807) is 43.4 Å². The molecule has 0 bridgehead atoms. The van der Waals surface area contributed by atoms with Gasteiger partial charge >= 0.3 is 12.1 Å². The number of aliphatic hydroxyl groups is 1. The Bertz CT molecular complexity index is 1460. The Morgan fingerprint density at radius 3 is 2.57 bits per heavy atom. The summed E-state index contributed by atoms with van der Waals surface area (Å²) < 4.78 is 52.4. The number of nitrogens with zero attached hydrogens (tertiary/aromatic N) is 1. The number of aliphatic hydroxyl groups excluding tert-OH is 1. The summed E-state index contributed by atoms with van der Waals surface area (Å²) in [4.78, 5) is 24.7. The fourth-order valence-corrected chi connectivity index (χ4v) is 7.67. The minimum atomic E-state index is -4.32. The molecule has 2 heterocycles. The minimum Gasteiger partial charge on any atom is -0.496 e. The van der Waals surface area contributed by atoms with Crippen LogP contribution in [0, 0.1) is 11.3 Å². The Morgan fingerprint density at radius 2 is 1.89 bits per heavy atom. The molecule has 0 unspecified atom stereocenters. The standard InChI is InChI=1S/C33H48N4O9S/c1-22(38)29(36-32(40)46-28-21-45-30-26(28)14-17-44-30)37(20-23-10-7-6-8-11-23)47(41,42)25-12-13-27(43-5)24(18-25)19-33(2,3)15-9-16-35-31(39)34-4/h6-8,10-13,18,22,26,28-30,38H,9,14-17,19-21H2,1-5H3,(H,36,40)(H2,34,35,39)/t22-,26+,28+,29+,30+/m1/s1. The summed E-state index contributed by atoms with van der Waals surface area (Å²) in [6.45, 7) is 6.61. The van der Waals surface area contributed by atoms with Crippen LogP contribution in [0.3, 0.4) is 0 Å². The summed E-state index contributed by atoms with van der Waals surface area (Å²) in [6.07, 6.45) is -1.85. The molecule has 2 fully saturated rings. The highest BCUT2D eigenvalue weighted by molar-refractivity contribution is 7.89.